The number of aryl methyl sites for hydroxylation is 1. The second-order valence-corrected chi connectivity index (χ2v) is 6.23. The summed E-state index contributed by atoms with van der Waals surface area (Å²) in [6.45, 7) is 7.23. The molecule has 0 radical (unpaired) electrons. The van der Waals surface area contributed by atoms with Crippen molar-refractivity contribution in [1.82, 2.24) is 9.47 Å². The quantitative estimate of drug-likeness (QED) is 0.819. The van der Waals surface area contributed by atoms with Crippen molar-refractivity contribution in [3.05, 3.63) is 28.2 Å². The van der Waals surface area contributed by atoms with Gasteiger partial charge in [-0.1, -0.05) is 26.2 Å². The highest BCUT2D eigenvalue weighted by Crippen LogP contribution is 2.19. The minimum Gasteiger partial charge on any atom is -0.503 e. The molecule has 118 valence electrons. The highest BCUT2D eigenvalue weighted by molar-refractivity contribution is 5.20. The molecule has 0 aliphatic carbocycles. The average Bonchev–Trinajstić information content (AvgIpc) is 2.46. The van der Waals surface area contributed by atoms with Gasteiger partial charge < -0.3 is 9.67 Å². The Hall–Kier alpha value is -1.29. The van der Waals surface area contributed by atoms with E-state index in [1.54, 1.807) is 12.3 Å². The van der Waals surface area contributed by atoms with Crippen LogP contribution in [-0.4, -0.2) is 27.2 Å². The molecule has 1 unspecified atom stereocenters. The van der Waals surface area contributed by atoms with Gasteiger partial charge in [0.15, 0.2) is 5.75 Å². The van der Waals surface area contributed by atoms with Gasteiger partial charge in [0.05, 0.1) is 6.20 Å². The Kier molecular flexibility index (Phi) is 5.85. The van der Waals surface area contributed by atoms with Crippen LogP contribution in [0.2, 0.25) is 0 Å². The van der Waals surface area contributed by atoms with Gasteiger partial charge in [0, 0.05) is 30.9 Å². The van der Waals surface area contributed by atoms with Crippen molar-refractivity contribution in [1.29, 1.82) is 0 Å². The zero-order chi connectivity index (χ0) is 15.2. The van der Waals surface area contributed by atoms with E-state index in [-0.39, 0.29) is 11.2 Å². The third-order valence-corrected chi connectivity index (χ3v) is 4.51. The third kappa shape index (κ3) is 4.34. The summed E-state index contributed by atoms with van der Waals surface area (Å²) >= 11 is 0. The molecule has 1 aromatic rings. The van der Waals surface area contributed by atoms with Gasteiger partial charge in [-0.25, -0.2) is 0 Å². The summed E-state index contributed by atoms with van der Waals surface area (Å²) in [6, 6.07) is 2.19. The van der Waals surface area contributed by atoms with Crippen molar-refractivity contribution in [2.24, 2.45) is 0 Å². The van der Waals surface area contributed by atoms with Crippen molar-refractivity contribution in [3.8, 4) is 5.75 Å². The van der Waals surface area contributed by atoms with E-state index in [2.05, 4.69) is 23.3 Å². The molecule has 4 nitrogen and oxygen atoms in total. The van der Waals surface area contributed by atoms with E-state index in [0.717, 1.165) is 31.7 Å². The van der Waals surface area contributed by atoms with Crippen molar-refractivity contribution in [3.63, 3.8) is 0 Å². The first-order chi connectivity index (χ1) is 10.1. The molecule has 1 fully saturated rings. The number of hydrogen-bond acceptors (Lipinski definition) is 3. The number of nitrogens with zero attached hydrogens (tertiary/aromatic N) is 2. The summed E-state index contributed by atoms with van der Waals surface area (Å²) < 4.78 is 2.06. The standard InChI is InChI=1S/C17H28N2O2/c1-3-4-6-10-19-13-17(21)16(20)11-15(19)12-18-9-7-5-8-14(18)2/h11,13-14,21H,3-10,12H2,1-2H3. The van der Waals surface area contributed by atoms with Crippen molar-refractivity contribution in [2.75, 3.05) is 6.54 Å². The van der Waals surface area contributed by atoms with E-state index in [4.69, 9.17) is 0 Å². The monoisotopic (exact) mass is 292 g/mol. The Morgan fingerprint density at radius 1 is 1.33 bits per heavy atom. The van der Waals surface area contributed by atoms with Gasteiger partial charge in [0.2, 0.25) is 5.43 Å². The maximum absolute atomic E-state index is 11.8. The van der Waals surface area contributed by atoms with Crippen LogP contribution in [0.4, 0.5) is 0 Å². The Morgan fingerprint density at radius 3 is 2.86 bits per heavy atom. The lowest BCUT2D eigenvalue weighted by molar-refractivity contribution is 0.148. The Balaban J connectivity index is 2.15. The maximum atomic E-state index is 11.8. The molecule has 1 aliphatic heterocycles. The molecule has 21 heavy (non-hydrogen) atoms. The number of pyridine rings is 1. The molecule has 0 aromatic carbocycles. The lowest BCUT2D eigenvalue weighted by atomic mass is 10.0. The first-order valence-corrected chi connectivity index (χ1v) is 8.28. The predicted octanol–water partition coefficient (Wildman–Crippen LogP) is 3.12. The summed E-state index contributed by atoms with van der Waals surface area (Å²) in [7, 11) is 0. The van der Waals surface area contributed by atoms with Gasteiger partial charge in [0.25, 0.3) is 0 Å². The molecule has 1 aliphatic rings. The van der Waals surface area contributed by atoms with Crippen LogP contribution in [0.15, 0.2) is 17.1 Å². The third-order valence-electron chi connectivity index (χ3n) is 4.51. The van der Waals surface area contributed by atoms with Gasteiger partial charge in [0.1, 0.15) is 0 Å². The van der Waals surface area contributed by atoms with Gasteiger partial charge in [-0.05, 0) is 32.7 Å². The van der Waals surface area contributed by atoms with Crippen molar-refractivity contribution in [2.45, 2.75) is 71.5 Å². The fourth-order valence-corrected chi connectivity index (χ4v) is 3.08. The molecule has 1 saturated heterocycles. The lowest BCUT2D eigenvalue weighted by Crippen LogP contribution is -2.37. The number of aromatic hydroxyl groups is 1. The average molecular weight is 292 g/mol. The first-order valence-electron chi connectivity index (χ1n) is 8.28. The molecule has 4 heteroatoms. The number of aromatic nitrogens is 1. The molecule has 2 rings (SSSR count). The number of hydrogen-bond donors (Lipinski definition) is 1. The van der Waals surface area contributed by atoms with Crippen LogP contribution < -0.4 is 5.43 Å². The minimum absolute atomic E-state index is 0.137. The Morgan fingerprint density at radius 2 is 2.14 bits per heavy atom. The van der Waals surface area contributed by atoms with E-state index in [1.165, 1.54) is 32.1 Å². The molecule has 2 heterocycles. The number of rotatable bonds is 6. The number of unbranched alkanes of at least 4 members (excludes halogenated alkanes) is 2. The molecule has 1 N–H and O–H groups in total. The van der Waals surface area contributed by atoms with Crippen LogP contribution in [0.1, 0.15) is 58.1 Å². The zero-order valence-corrected chi connectivity index (χ0v) is 13.3. The van der Waals surface area contributed by atoms with Crippen molar-refractivity contribution >= 4 is 0 Å². The fraction of sp³-hybridized carbons (Fsp3) is 0.706. The molecule has 0 amide bonds. The molecule has 1 aromatic heterocycles. The van der Waals surface area contributed by atoms with E-state index in [0.29, 0.717) is 6.04 Å². The number of piperidine rings is 1. The van der Waals surface area contributed by atoms with Crippen LogP contribution in [-0.2, 0) is 13.1 Å². The smallest absolute Gasteiger partial charge is 0.223 e. The second-order valence-electron chi connectivity index (χ2n) is 6.23. The lowest BCUT2D eigenvalue weighted by Gasteiger charge is -2.34. The summed E-state index contributed by atoms with van der Waals surface area (Å²) in [5, 5.41) is 9.69. The highest BCUT2D eigenvalue weighted by Gasteiger charge is 2.19. The predicted molar refractivity (Wildman–Crippen MR) is 85.6 cm³/mol. The van der Waals surface area contributed by atoms with E-state index in [9.17, 15) is 9.90 Å². The van der Waals surface area contributed by atoms with Gasteiger partial charge in [-0.3, -0.25) is 9.69 Å². The van der Waals surface area contributed by atoms with Crippen LogP contribution in [0.5, 0.6) is 5.75 Å². The van der Waals surface area contributed by atoms with Crippen molar-refractivity contribution < 1.29 is 5.11 Å². The summed E-state index contributed by atoms with van der Waals surface area (Å²) in [5.74, 6) is -0.137. The fourth-order valence-electron chi connectivity index (χ4n) is 3.08. The largest absolute Gasteiger partial charge is 0.503 e. The molecular weight excluding hydrogens is 264 g/mol. The maximum Gasteiger partial charge on any atom is 0.223 e. The Labute approximate surface area is 127 Å². The zero-order valence-electron chi connectivity index (χ0n) is 13.3. The molecular formula is C17H28N2O2. The normalized spacial score (nSPS) is 19.8. The summed E-state index contributed by atoms with van der Waals surface area (Å²) in [4.78, 5) is 14.2. The van der Waals surface area contributed by atoms with Crippen LogP contribution in [0.3, 0.4) is 0 Å². The van der Waals surface area contributed by atoms with E-state index >= 15 is 0 Å². The SMILES string of the molecule is CCCCCn1cc(O)c(=O)cc1CN1CCCCC1C. The second kappa shape index (κ2) is 7.64. The van der Waals surface area contributed by atoms with Crippen LogP contribution in [0, 0.1) is 0 Å². The molecule has 0 saturated carbocycles. The van der Waals surface area contributed by atoms with E-state index < -0.39 is 0 Å². The van der Waals surface area contributed by atoms with Crippen LogP contribution in [0.25, 0.3) is 0 Å². The molecule has 1 atom stereocenters. The van der Waals surface area contributed by atoms with Gasteiger partial charge >= 0.3 is 0 Å². The van der Waals surface area contributed by atoms with Gasteiger partial charge in [-0.15, -0.1) is 0 Å². The molecule has 0 bridgehead atoms. The number of likely N-dealkylation sites (tertiary alicyclic amines) is 1. The van der Waals surface area contributed by atoms with E-state index in [1.807, 2.05) is 0 Å². The molecule has 0 spiro atoms. The minimum atomic E-state index is -0.263. The van der Waals surface area contributed by atoms with Crippen LogP contribution >= 0.6 is 0 Å². The Bertz CT molecular complexity index is 510. The topological polar surface area (TPSA) is 45.5 Å². The first kappa shape index (κ1) is 16.1. The summed E-state index contributed by atoms with van der Waals surface area (Å²) in [6.07, 6.45) is 8.82. The summed E-state index contributed by atoms with van der Waals surface area (Å²) in [5.41, 5.74) is 0.768. The highest BCUT2D eigenvalue weighted by atomic mass is 16.3. The van der Waals surface area contributed by atoms with Gasteiger partial charge in [-0.2, -0.15) is 0 Å².